The smallest absolute Gasteiger partial charge is 0.261 e. The van der Waals surface area contributed by atoms with E-state index in [-0.39, 0.29) is 32.4 Å². The van der Waals surface area contributed by atoms with Gasteiger partial charge in [0.05, 0.1) is 10.8 Å². The number of nitrogens with zero attached hydrogens (tertiary/aromatic N) is 1. The Balaban J connectivity index is 2.03. The fourth-order valence-corrected chi connectivity index (χ4v) is 4.03. The molecule has 0 spiro atoms. The van der Waals surface area contributed by atoms with Gasteiger partial charge in [0.25, 0.3) is 11.1 Å². The molecule has 140 valence electrons. The van der Waals surface area contributed by atoms with Gasteiger partial charge in [0.1, 0.15) is 0 Å². The summed E-state index contributed by atoms with van der Waals surface area (Å²) in [5.41, 5.74) is -1.46. The molecule has 3 aromatic carbocycles. The highest BCUT2D eigenvalue weighted by Gasteiger charge is 2.17. The lowest BCUT2D eigenvalue weighted by atomic mass is 10.0. The van der Waals surface area contributed by atoms with Crippen LogP contribution in [0.2, 0.25) is 0 Å². The number of halogens is 1. The average molecular weight is 438 g/mol. The van der Waals surface area contributed by atoms with E-state index in [1.165, 1.54) is 16.7 Å². The van der Waals surface area contributed by atoms with Crippen LogP contribution in [-0.4, -0.2) is 4.57 Å². The van der Waals surface area contributed by atoms with Gasteiger partial charge in [0, 0.05) is 32.6 Å². The zero-order chi connectivity index (χ0) is 20.0. The zero-order valence-corrected chi connectivity index (χ0v) is 16.5. The van der Waals surface area contributed by atoms with Gasteiger partial charge in [-0.3, -0.25) is 23.7 Å². The summed E-state index contributed by atoms with van der Waals surface area (Å²) in [7, 11) is 0. The van der Waals surface area contributed by atoms with Crippen molar-refractivity contribution in [1.29, 1.82) is 0 Å². The van der Waals surface area contributed by atoms with Crippen LogP contribution in [0.1, 0.15) is 19.3 Å². The van der Waals surface area contributed by atoms with Crippen molar-refractivity contribution in [2.75, 3.05) is 0 Å². The van der Waals surface area contributed by atoms with E-state index in [9.17, 15) is 19.2 Å². The number of rotatable bonds is 5. The number of aromatic nitrogens is 1. The van der Waals surface area contributed by atoms with Gasteiger partial charge in [-0.1, -0.05) is 22.0 Å². The zero-order valence-electron chi connectivity index (χ0n) is 15.0. The number of hydrogen-bond donors (Lipinski definition) is 0. The number of unbranched alkanes of at least 4 members (excludes halogenated alkanes) is 2. The summed E-state index contributed by atoms with van der Waals surface area (Å²) in [4.78, 5) is 51.3. The molecule has 0 aliphatic carbocycles. The molecule has 0 N–H and O–H groups in total. The van der Waals surface area contributed by atoms with E-state index in [0.29, 0.717) is 28.2 Å². The molecule has 6 heteroatoms. The van der Waals surface area contributed by atoms with Gasteiger partial charge in [-0.2, -0.15) is 0 Å². The van der Waals surface area contributed by atoms with Gasteiger partial charge >= 0.3 is 0 Å². The summed E-state index contributed by atoms with van der Waals surface area (Å²) < 4.78 is 1.88. The first-order chi connectivity index (χ1) is 13.4. The van der Waals surface area contributed by atoms with Crippen molar-refractivity contribution in [3.05, 3.63) is 88.6 Å². The van der Waals surface area contributed by atoms with E-state index >= 15 is 0 Å². The predicted octanol–water partition coefficient (Wildman–Crippen LogP) is 3.38. The van der Waals surface area contributed by atoms with Crippen LogP contribution in [-0.2, 0) is 6.54 Å². The topological polar surface area (TPSA) is 73.2 Å². The second-order valence-corrected chi connectivity index (χ2v) is 7.75. The maximum Gasteiger partial charge on any atom is 0.261 e. The van der Waals surface area contributed by atoms with E-state index in [2.05, 4.69) is 22.5 Å². The number of allylic oxidation sites excluding steroid dienone is 1. The molecule has 0 aliphatic rings. The Morgan fingerprint density at radius 2 is 1.36 bits per heavy atom. The summed E-state index contributed by atoms with van der Waals surface area (Å²) in [6.07, 6.45) is 4.11. The van der Waals surface area contributed by atoms with Crippen LogP contribution in [0, 0.1) is 0 Å². The minimum absolute atomic E-state index is 0.170. The van der Waals surface area contributed by atoms with Crippen molar-refractivity contribution in [3.8, 4) is 0 Å². The van der Waals surface area contributed by atoms with Gasteiger partial charge < -0.3 is 0 Å². The third kappa shape index (κ3) is 2.76. The highest BCUT2D eigenvalue weighted by molar-refractivity contribution is 9.10. The normalized spacial score (nSPS) is 11.6. The van der Waals surface area contributed by atoms with Crippen molar-refractivity contribution in [2.24, 2.45) is 0 Å². The van der Waals surface area contributed by atoms with Crippen molar-refractivity contribution in [2.45, 2.75) is 25.8 Å². The van der Waals surface area contributed by atoms with Crippen LogP contribution in [0.4, 0.5) is 0 Å². The predicted molar refractivity (Wildman–Crippen MR) is 116 cm³/mol. The van der Waals surface area contributed by atoms with Gasteiger partial charge in [0.2, 0.25) is 0 Å². The lowest BCUT2D eigenvalue weighted by Crippen LogP contribution is -2.25. The maximum absolute atomic E-state index is 12.9. The minimum atomic E-state index is -0.415. The fraction of sp³-hybridized carbons (Fsp3) is 0.182. The Kier molecular flexibility index (Phi) is 4.59. The molecule has 1 heterocycles. The second-order valence-electron chi connectivity index (χ2n) is 6.84. The molecule has 4 aromatic rings. The first-order valence-corrected chi connectivity index (χ1v) is 9.77. The SMILES string of the molecule is C=CCCCCn1c(=O)c2cc3c(=O)c4ccc(Br)cc4c(=O)c3cc2c1=O. The minimum Gasteiger partial charge on any atom is -0.289 e. The Bertz CT molecular complexity index is 1470. The molecule has 0 fully saturated rings. The molecule has 0 saturated carbocycles. The van der Waals surface area contributed by atoms with E-state index in [1.807, 2.05) is 0 Å². The highest BCUT2D eigenvalue weighted by Crippen LogP contribution is 2.20. The second kappa shape index (κ2) is 6.95. The molecule has 0 atom stereocenters. The number of benzene rings is 3. The molecular formula is C22H16BrNO4. The van der Waals surface area contributed by atoms with E-state index in [4.69, 9.17) is 0 Å². The Morgan fingerprint density at radius 3 is 1.96 bits per heavy atom. The summed E-state index contributed by atoms with van der Waals surface area (Å²) >= 11 is 3.31. The Hall–Kier alpha value is -2.86. The van der Waals surface area contributed by atoms with Gasteiger partial charge in [-0.05, 0) is 49.6 Å². The van der Waals surface area contributed by atoms with Crippen LogP contribution in [0.15, 0.2) is 66.6 Å². The lowest BCUT2D eigenvalue weighted by Gasteiger charge is -2.01. The average Bonchev–Trinajstić information content (AvgIpc) is 2.92. The van der Waals surface area contributed by atoms with Gasteiger partial charge in [-0.15, -0.1) is 6.58 Å². The molecule has 1 aromatic heterocycles. The van der Waals surface area contributed by atoms with Crippen LogP contribution in [0.5, 0.6) is 0 Å². The molecule has 5 nitrogen and oxygen atoms in total. The van der Waals surface area contributed by atoms with Crippen molar-refractivity contribution in [1.82, 2.24) is 4.57 Å². The first-order valence-electron chi connectivity index (χ1n) is 8.98. The lowest BCUT2D eigenvalue weighted by molar-refractivity contribution is 0.594. The van der Waals surface area contributed by atoms with Crippen molar-refractivity contribution < 1.29 is 0 Å². The molecule has 0 saturated heterocycles. The number of fused-ring (bicyclic) bond motifs is 3. The fourth-order valence-electron chi connectivity index (χ4n) is 3.67. The molecule has 0 unspecified atom stereocenters. The molecule has 0 aliphatic heterocycles. The van der Waals surface area contributed by atoms with Crippen molar-refractivity contribution in [3.63, 3.8) is 0 Å². The molecule has 0 bridgehead atoms. The molecule has 4 rings (SSSR count). The van der Waals surface area contributed by atoms with Crippen LogP contribution in [0.25, 0.3) is 32.3 Å². The monoisotopic (exact) mass is 437 g/mol. The standard InChI is InChI=1S/C22H16BrNO4/c1-2-3-4-5-8-24-21(27)17-10-15-16(11-18(17)22(24)28)20(26)14-9-12(23)6-7-13(14)19(15)25/h2,6-7,9-11H,1,3-5,8H2. The molecule has 28 heavy (non-hydrogen) atoms. The quantitative estimate of drug-likeness (QED) is 0.272. The van der Waals surface area contributed by atoms with Gasteiger partial charge in [0.15, 0.2) is 10.9 Å². The Morgan fingerprint density at radius 1 is 0.786 bits per heavy atom. The van der Waals surface area contributed by atoms with Crippen LogP contribution >= 0.6 is 15.9 Å². The largest absolute Gasteiger partial charge is 0.289 e. The summed E-state index contributed by atoms with van der Waals surface area (Å²) in [6.45, 7) is 3.96. The highest BCUT2D eigenvalue weighted by atomic mass is 79.9. The summed E-state index contributed by atoms with van der Waals surface area (Å²) in [5, 5.41) is 1.32. The van der Waals surface area contributed by atoms with Crippen LogP contribution < -0.4 is 22.0 Å². The molecule has 0 radical (unpaired) electrons. The third-order valence-corrected chi connectivity index (χ3v) is 5.60. The number of hydrogen-bond acceptors (Lipinski definition) is 4. The van der Waals surface area contributed by atoms with E-state index in [1.54, 1.807) is 24.3 Å². The van der Waals surface area contributed by atoms with Crippen molar-refractivity contribution >= 4 is 48.2 Å². The van der Waals surface area contributed by atoms with Gasteiger partial charge in [-0.25, -0.2) is 0 Å². The van der Waals surface area contributed by atoms with Crippen LogP contribution in [0.3, 0.4) is 0 Å². The summed E-state index contributed by atoms with van der Waals surface area (Å²) in [5.74, 6) is 0. The maximum atomic E-state index is 12.9. The van der Waals surface area contributed by atoms with E-state index in [0.717, 1.165) is 12.8 Å². The Labute approximate surface area is 167 Å². The summed E-state index contributed by atoms with van der Waals surface area (Å²) in [6, 6.07) is 7.69. The first kappa shape index (κ1) is 18.5. The third-order valence-electron chi connectivity index (χ3n) is 5.11. The van der Waals surface area contributed by atoms with E-state index < -0.39 is 11.1 Å². The molecular weight excluding hydrogens is 422 g/mol. The molecule has 0 amide bonds.